The van der Waals surface area contributed by atoms with Gasteiger partial charge in [-0.2, -0.15) is 0 Å². The molecule has 21 heavy (non-hydrogen) atoms. The van der Waals surface area contributed by atoms with Crippen LogP contribution in [0.2, 0.25) is 0 Å². The van der Waals surface area contributed by atoms with Crippen molar-refractivity contribution in [1.82, 2.24) is 0 Å². The predicted molar refractivity (Wildman–Crippen MR) is 69.5 cm³/mol. The molecule has 0 radical (unpaired) electrons. The fourth-order valence-corrected chi connectivity index (χ4v) is 4.77. The lowest BCUT2D eigenvalue weighted by atomic mass is 9.56. The highest BCUT2D eigenvalue weighted by atomic mass is 17.3. The molecule has 0 unspecified atom stereocenters. The van der Waals surface area contributed by atoms with Crippen LogP contribution in [-0.4, -0.2) is 34.4 Å². The van der Waals surface area contributed by atoms with Crippen molar-refractivity contribution in [2.24, 2.45) is 17.8 Å². The van der Waals surface area contributed by atoms with Crippen LogP contribution < -0.4 is 0 Å². The van der Waals surface area contributed by atoms with E-state index in [0.29, 0.717) is 19.3 Å². The van der Waals surface area contributed by atoms with E-state index in [1.54, 1.807) is 6.92 Å². The summed E-state index contributed by atoms with van der Waals surface area (Å²) in [6, 6.07) is 0. The summed E-state index contributed by atoms with van der Waals surface area (Å²) in [6.07, 6.45) is 1.86. The molecule has 0 aromatic carbocycles. The molecule has 6 nitrogen and oxygen atoms in total. The van der Waals surface area contributed by atoms with Crippen molar-refractivity contribution in [1.29, 1.82) is 0 Å². The second-order valence-corrected chi connectivity index (χ2v) is 7.42. The average molecular weight is 298 g/mol. The fourth-order valence-electron chi connectivity index (χ4n) is 4.77. The molecule has 5 rings (SSSR count). The van der Waals surface area contributed by atoms with E-state index in [1.807, 2.05) is 13.8 Å². The molecule has 7 atom stereocenters. The third kappa shape index (κ3) is 1.64. The van der Waals surface area contributed by atoms with Crippen LogP contribution in [0.3, 0.4) is 0 Å². The zero-order valence-electron chi connectivity index (χ0n) is 12.6. The van der Waals surface area contributed by atoms with Crippen LogP contribution in [-0.2, 0) is 24.0 Å². The zero-order chi connectivity index (χ0) is 15.0. The summed E-state index contributed by atoms with van der Waals surface area (Å²) >= 11 is 0. The Balaban J connectivity index is 1.86. The summed E-state index contributed by atoms with van der Waals surface area (Å²) in [5, 5.41) is 10.9. The van der Waals surface area contributed by atoms with Gasteiger partial charge in [-0.3, -0.25) is 4.79 Å². The predicted octanol–water partition coefficient (Wildman–Crippen LogP) is 1.51. The van der Waals surface area contributed by atoms with Gasteiger partial charge in [-0.1, -0.05) is 6.92 Å². The summed E-state index contributed by atoms with van der Waals surface area (Å²) in [4.78, 5) is 23.5. The van der Waals surface area contributed by atoms with E-state index in [-0.39, 0.29) is 23.7 Å². The van der Waals surface area contributed by atoms with Crippen LogP contribution in [0.5, 0.6) is 0 Å². The first kappa shape index (κ1) is 13.9. The number of carbonyl (C=O) groups is 1. The van der Waals surface area contributed by atoms with Crippen LogP contribution in [0.4, 0.5) is 0 Å². The van der Waals surface area contributed by atoms with Gasteiger partial charge in [0, 0.05) is 18.3 Å². The highest BCUT2D eigenvalue weighted by Crippen LogP contribution is 2.60. The van der Waals surface area contributed by atoms with E-state index in [1.165, 1.54) is 0 Å². The lowest BCUT2D eigenvalue weighted by Crippen LogP contribution is -2.72. The van der Waals surface area contributed by atoms with Gasteiger partial charge in [0.15, 0.2) is 5.60 Å². The molecule has 1 spiro atoms. The van der Waals surface area contributed by atoms with Gasteiger partial charge >= 0.3 is 5.97 Å². The van der Waals surface area contributed by atoms with Gasteiger partial charge in [-0.25, -0.2) is 9.78 Å². The molecule has 4 aliphatic heterocycles. The van der Waals surface area contributed by atoms with E-state index >= 15 is 0 Å². The Morgan fingerprint density at radius 3 is 2.71 bits per heavy atom. The van der Waals surface area contributed by atoms with Gasteiger partial charge in [0.2, 0.25) is 12.1 Å². The summed E-state index contributed by atoms with van der Waals surface area (Å²) < 4.78 is 11.5. The molecule has 0 amide bonds. The van der Waals surface area contributed by atoms with Crippen LogP contribution in [0.15, 0.2) is 0 Å². The molecule has 6 heteroatoms. The van der Waals surface area contributed by atoms with Crippen LogP contribution >= 0.6 is 0 Å². The van der Waals surface area contributed by atoms with Gasteiger partial charge in [-0.15, -0.1) is 0 Å². The fraction of sp³-hybridized carbons (Fsp3) is 0.933. The quantitative estimate of drug-likeness (QED) is 0.540. The van der Waals surface area contributed by atoms with E-state index in [4.69, 9.17) is 19.2 Å². The Kier molecular flexibility index (Phi) is 2.64. The molecular formula is C15H22O6. The maximum atomic E-state index is 12.1. The van der Waals surface area contributed by atoms with Crippen LogP contribution in [0.25, 0.3) is 0 Å². The maximum Gasteiger partial charge on any atom is 0.311 e. The molecule has 1 saturated carbocycles. The number of carbonyl (C=O) groups excluding carboxylic acids is 1. The SMILES string of the molecule is C[C@H]1C(=O)O[C@@H]2O[C@@]3(C)CC[C@@H]4[C@]2(OO3)[C@H]1CC[C@]4(C)O. The third-order valence-electron chi connectivity index (χ3n) is 6.01. The van der Waals surface area contributed by atoms with Gasteiger partial charge in [0.1, 0.15) is 0 Å². The van der Waals surface area contributed by atoms with Crippen molar-refractivity contribution in [2.45, 2.75) is 69.7 Å². The number of fused-ring (bicyclic) bond motifs is 2. The van der Waals surface area contributed by atoms with Crippen molar-refractivity contribution < 1.29 is 29.1 Å². The highest BCUT2D eigenvalue weighted by Gasteiger charge is 2.72. The third-order valence-corrected chi connectivity index (χ3v) is 6.01. The Morgan fingerprint density at radius 1 is 1.19 bits per heavy atom. The number of hydrogen-bond acceptors (Lipinski definition) is 6. The number of aliphatic hydroxyl groups is 1. The Labute approximate surface area is 123 Å². The van der Waals surface area contributed by atoms with Gasteiger partial charge in [0.05, 0.1) is 11.5 Å². The van der Waals surface area contributed by atoms with Crippen LogP contribution in [0, 0.1) is 17.8 Å². The molecule has 0 aromatic rings. The van der Waals surface area contributed by atoms with Crippen LogP contribution in [0.1, 0.15) is 46.5 Å². The molecule has 2 bridgehead atoms. The summed E-state index contributed by atoms with van der Waals surface area (Å²) in [6.45, 7) is 5.48. The lowest BCUT2D eigenvalue weighted by molar-refractivity contribution is -0.561. The standard InChI is InChI=1S/C15H22O6/c1-8-9-4-6-13(2,17)10-5-7-14(3)19-12(18-11(8)16)15(9,10)21-20-14/h8-10,12,17H,4-7H2,1-3H3/t8-,9+,10+,12-,13+,14-,15-/m1/s1. The minimum atomic E-state index is -0.922. The molecular weight excluding hydrogens is 276 g/mol. The number of hydrogen-bond donors (Lipinski definition) is 1. The molecule has 1 aliphatic carbocycles. The van der Waals surface area contributed by atoms with E-state index < -0.39 is 23.3 Å². The van der Waals surface area contributed by atoms with Crippen molar-refractivity contribution in [2.75, 3.05) is 0 Å². The average Bonchev–Trinajstić information content (AvgIpc) is 2.63. The second-order valence-electron chi connectivity index (χ2n) is 7.42. The first-order valence-corrected chi connectivity index (χ1v) is 7.76. The van der Waals surface area contributed by atoms with Gasteiger partial charge in [0.25, 0.3) is 0 Å². The first-order valence-electron chi connectivity index (χ1n) is 7.76. The maximum absolute atomic E-state index is 12.1. The van der Waals surface area contributed by atoms with Crippen molar-refractivity contribution in [3.05, 3.63) is 0 Å². The zero-order valence-corrected chi connectivity index (χ0v) is 12.6. The largest absolute Gasteiger partial charge is 0.432 e. The molecule has 0 aromatic heterocycles. The summed E-state index contributed by atoms with van der Waals surface area (Å²) in [7, 11) is 0. The van der Waals surface area contributed by atoms with Crippen molar-refractivity contribution in [3.63, 3.8) is 0 Å². The summed E-state index contributed by atoms with van der Waals surface area (Å²) in [5.74, 6) is -1.69. The topological polar surface area (TPSA) is 74.2 Å². The monoisotopic (exact) mass is 298 g/mol. The van der Waals surface area contributed by atoms with E-state index in [9.17, 15) is 9.90 Å². The van der Waals surface area contributed by atoms with Gasteiger partial charge in [-0.05, 0) is 33.1 Å². The lowest BCUT2D eigenvalue weighted by Gasteiger charge is -2.59. The highest BCUT2D eigenvalue weighted by molar-refractivity contribution is 5.74. The second kappa shape index (κ2) is 3.98. The van der Waals surface area contributed by atoms with Gasteiger partial charge < -0.3 is 14.6 Å². The van der Waals surface area contributed by atoms with Crippen molar-refractivity contribution >= 4 is 5.97 Å². The summed E-state index contributed by atoms with van der Waals surface area (Å²) in [5.41, 5.74) is -1.77. The number of rotatable bonds is 0. The number of ether oxygens (including phenoxy) is 2. The van der Waals surface area contributed by atoms with E-state index in [0.717, 1.165) is 6.42 Å². The normalized spacial score (nSPS) is 59.1. The minimum absolute atomic E-state index is 0.0587. The van der Waals surface area contributed by atoms with E-state index in [2.05, 4.69) is 0 Å². The van der Waals surface area contributed by atoms with Crippen molar-refractivity contribution in [3.8, 4) is 0 Å². The molecule has 4 saturated heterocycles. The Bertz CT molecular complexity index is 491. The molecule has 4 heterocycles. The molecule has 1 N–H and O–H groups in total. The molecule has 5 fully saturated rings. The molecule has 5 aliphatic rings. The minimum Gasteiger partial charge on any atom is -0.432 e. The number of esters is 1. The first-order chi connectivity index (χ1) is 9.79. The Hall–Kier alpha value is -0.690. The smallest absolute Gasteiger partial charge is 0.311 e. The molecule has 118 valence electrons. The Morgan fingerprint density at radius 2 is 1.95 bits per heavy atom.